The maximum absolute atomic E-state index is 10.4. The molecule has 0 radical (unpaired) electrons. The van der Waals surface area contributed by atoms with Crippen molar-refractivity contribution in [2.75, 3.05) is 13.1 Å². The Kier molecular flexibility index (Phi) is 4.65. The summed E-state index contributed by atoms with van der Waals surface area (Å²) in [6.45, 7) is 3.36. The third-order valence-electron chi connectivity index (χ3n) is 2.93. The molecule has 0 bridgehead atoms. The topological polar surface area (TPSA) is 83.1 Å². The summed E-state index contributed by atoms with van der Waals surface area (Å²) in [5.74, 6) is 0.228. The number of guanidine groups is 1. The zero-order chi connectivity index (χ0) is 14.4. The second-order valence-electron chi connectivity index (χ2n) is 4.40. The second kappa shape index (κ2) is 6.65. The lowest BCUT2D eigenvalue weighted by Crippen LogP contribution is -2.29. The van der Waals surface area contributed by atoms with Gasteiger partial charge < -0.3 is 5.32 Å². The Morgan fingerprint density at radius 1 is 1.50 bits per heavy atom. The average molecular weight is 275 g/mol. The summed E-state index contributed by atoms with van der Waals surface area (Å²) in [5.41, 5.74) is 2.06. The molecule has 0 saturated carbocycles. The van der Waals surface area contributed by atoms with Gasteiger partial charge in [-0.2, -0.15) is 0 Å². The molecule has 1 saturated heterocycles. The molecule has 7 heteroatoms. The van der Waals surface area contributed by atoms with Gasteiger partial charge in [-0.15, -0.1) is 0 Å². The number of hydrogen-bond donors (Lipinski definition) is 1. The van der Waals surface area contributed by atoms with Crippen LogP contribution in [0, 0.1) is 10.1 Å². The standard InChI is InChI=1S/C13H17N5O2/c1-2-5-11-6-3-4-7-12(11)15-10-17-9-8-14-13(17)16-18(19)20/h3-4,6-7,10H,2,5,8-9H2,1H3,(H,14,16)/b15-10+. The Labute approximate surface area is 117 Å². The molecular weight excluding hydrogens is 258 g/mol. The van der Waals surface area contributed by atoms with Gasteiger partial charge in [0.2, 0.25) is 0 Å². The second-order valence-corrected chi connectivity index (χ2v) is 4.40. The van der Waals surface area contributed by atoms with Crippen molar-refractivity contribution in [1.29, 1.82) is 0 Å². The van der Waals surface area contributed by atoms with Gasteiger partial charge in [-0.25, -0.2) is 15.1 Å². The van der Waals surface area contributed by atoms with Gasteiger partial charge in [0.05, 0.1) is 12.0 Å². The Morgan fingerprint density at radius 3 is 3.05 bits per heavy atom. The van der Waals surface area contributed by atoms with Crippen LogP contribution in [-0.4, -0.2) is 35.3 Å². The fourth-order valence-corrected chi connectivity index (χ4v) is 2.03. The van der Waals surface area contributed by atoms with E-state index in [1.165, 1.54) is 5.56 Å². The van der Waals surface area contributed by atoms with E-state index in [1.54, 1.807) is 11.2 Å². The van der Waals surface area contributed by atoms with Crippen LogP contribution in [0.4, 0.5) is 5.69 Å². The van der Waals surface area contributed by atoms with Crippen LogP contribution >= 0.6 is 0 Å². The highest BCUT2D eigenvalue weighted by Crippen LogP contribution is 2.19. The van der Waals surface area contributed by atoms with Crippen molar-refractivity contribution in [2.24, 2.45) is 10.1 Å². The average Bonchev–Trinajstić information content (AvgIpc) is 2.84. The number of hydrogen-bond acceptors (Lipinski definition) is 3. The predicted octanol–water partition coefficient (Wildman–Crippen LogP) is 1.75. The Balaban J connectivity index is 2.15. The number of para-hydroxylation sites is 1. The third-order valence-corrected chi connectivity index (χ3v) is 2.93. The van der Waals surface area contributed by atoms with Crippen molar-refractivity contribution < 1.29 is 5.03 Å². The minimum Gasteiger partial charge on any atom is -0.349 e. The lowest BCUT2D eigenvalue weighted by atomic mass is 10.1. The number of benzene rings is 1. The first-order chi connectivity index (χ1) is 9.70. The van der Waals surface area contributed by atoms with Gasteiger partial charge >= 0.3 is 0 Å². The Hall–Kier alpha value is -2.44. The maximum atomic E-state index is 10.4. The van der Waals surface area contributed by atoms with E-state index in [2.05, 4.69) is 22.3 Å². The van der Waals surface area contributed by atoms with Crippen LogP contribution < -0.4 is 5.32 Å². The van der Waals surface area contributed by atoms with Crippen molar-refractivity contribution in [2.45, 2.75) is 19.8 Å². The smallest absolute Gasteiger partial charge is 0.276 e. The van der Waals surface area contributed by atoms with E-state index in [0.717, 1.165) is 18.5 Å². The van der Waals surface area contributed by atoms with Crippen molar-refractivity contribution in [3.8, 4) is 0 Å². The van der Waals surface area contributed by atoms with Crippen molar-refractivity contribution >= 4 is 18.0 Å². The minimum atomic E-state index is -0.709. The molecule has 0 spiro atoms. The zero-order valence-corrected chi connectivity index (χ0v) is 11.3. The van der Waals surface area contributed by atoms with E-state index in [4.69, 9.17) is 0 Å². The zero-order valence-electron chi connectivity index (χ0n) is 11.3. The van der Waals surface area contributed by atoms with Crippen molar-refractivity contribution in [3.05, 3.63) is 39.9 Å². The number of aryl methyl sites for hydroxylation is 1. The largest absolute Gasteiger partial charge is 0.349 e. The first-order valence-electron chi connectivity index (χ1n) is 6.56. The minimum absolute atomic E-state index is 0.228. The summed E-state index contributed by atoms with van der Waals surface area (Å²) in [4.78, 5) is 16.5. The molecule has 1 aromatic rings. The quantitative estimate of drug-likeness (QED) is 0.384. The molecule has 1 aromatic carbocycles. The molecule has 106 valence electrons. The molecule has 0 amide bonds. The van der Waals surface area contributed by atoms with Crippen LogP contribution in [0.15, 0.2) is 34.4 Å². The molecule has 2 rings (SSSR count). The SMILES string of the molecule is CCCc1ccccc1/N=C/N1CCN/C1=N\[N+](=O)[O-]. The molecule has 0 unspecified atom stereocenters. The number of aliphatic imine (C=N–C) groups is 1. The van der Waals surface area contributed by atoms with Crippen LogP contribution in [0.1, 0.15) is 18.9 Å². The Morgan fingerprint density at radius 2 is 2.30 bits per heavy atom. The van der Waals surface area contributed by atoms with E-state index < -0.39 is 5.03 Å². The molecule has 1 N–H and O–H groups in total. The van der Waals surface area contributed by atoms with Gasteiger partial charge in [0, 0.05) is 13.1 Å². The summed E-state index contributed by atoms with van der Waals surface area (Å²) in [5, 5.41) is 15.9. The summed E-state index contributed by atoms with van der Waals surface area (Å²) < 4.78 is 0. The Bertz CT molecular complexity index is 541. The van der Waals surface area contributed by atoms with Crippen LogP contribution in [0.3, 0.4) is 0 Å². The van der Waals surface area contributed by atoms with Gasteiger partial charge in [0.25, 0.3) is 5.96 Å². The fraction of sp³-hybridized carbons (Fsp3) is 0.385. The fourth-order valence-electron chi connectivity index (χ4n) is 2.03. The molecule has 7 nitrogen and oxygen atoms in total. The molecule has 1 heterocycles. The summed E-state index contributed by atoms with van der Waals surface area (Å²) in [7, 11) is 0. The van der Waals surface area contributed by atoms with Gasteiger partial charge in [-0.1, -0.05) is 31.5 Å². The van der Waals surface area contributed by atoms with E-state index in [1.807, 2.05) is 24.3 Å². The van der Waals surface area contributed by atoms with Crippen LogP contribution in [0.5, 0.6) is 0 Å². The lowest BCUT2D eigenvalue weighted by Gasteiger charge is -2.09. The molecule has 0 aromatic heterocycles. The number of hydrazone groups is 1. The number of rotatable bonds is 5. The molecule has 0 atom stereocenters. The van der Waals surface area contributed by atoms with E-state index in [0.29, 0.717) is 13.1 Å². The van der Waals surface area contributed by atoms with Gasteiger partial charge in [0.1, 0.15) is 5.10 Å². The summed E-state index contributed by atoms with van der Waals surface area (Å²) in [6, 6.07) is 7.90. The highest BCUT2D eigenvalue weighted by atomic mass is 16.7. The van der Waals surface area contributed by atoms with Gasteiger partial charge in [0.15, 0.2) is 5.03 Å². The molecule has 1 aliphatic heterocycles. The first kappa shape index (κ1) is 14.0. The first-order valence-corrected chi connectivity index (χ1v) is 6.56. The van der Waals surface area contributed by atoms with E-state index in [9.17, 15) is 10.1 Å². The predicted molar refractivity (Wildman–Crippen MR) is 77.7 cm³/mol. The lowest BCUT2D eigenvalue weighted by molar-refractivity contribution is -0.485. The van der Waals surface area contributed by atoms with Crippen LogP contribution in [-0.2, 0) is 6.42 Å². The molecular formula is C13H17N5O2. The van der Waals surface area contributed by atoms with E-state index >= 15 is 0 Å². The molecule has 1 fully saturated rings. The molecule has 1 aliphatic rings. The van der Waals surface area contributed by atoms with Crippen LogP contribution in [0.25, 0.3) is 0 Å². The van der Waals surface area contributed by atoms with Crippen molar-refractivity contribution in [1.82, 2.24) is 10.2 Å². The number of nitrogens with zero attached hydrogens (tertiary/aromatic N) is 4. The summed E-state index contributed by atoms with van der Waals surface area (Å²) >= 11 is 0. The van der Waals surface area contributed by atoms with E-state index in [-0.39, 0.29) is 5.96 Å². The highest BCUT2D eigenvalue weighted by Gasteiger charge is 2.19. The number of nitro groups is 1. The normalized spacial score (nSPS) is 16.9. The van der Waals surface area contributed by atoms with Crippen LogP contribution in [0.2, 0.25) is 0 Å². The monoisotopic (exact) mass is 275 g/mol. The molecule has 20 heavy (non-hydrogen) atoms. The highest BCUT2D eigenvalue weighted by molar-refractivity contribution is 5.92. The third kappa shape index (κ3) is 3.53. The molecule has 0 aliphatic carbocycles. The van der Waals surface area contributed by atoms with Gasteiger partial charge in [-0.05, 0) is 18.1 Å². The van der Waals surface area contributed by atoms with Gasteiger partial charge in [-0.3, -0.25) is 4.90 Å². The summed E-state index contributed by atoms with van der Waals surface area (Å²) in [6.07, 6.45) is 3.60. The maximum Gasteiger partial charge on any atom is 0.276 e. The number of nitrogens with one attached hydrogen (secondary N) is 1. The van der Waals surface area contributed by atoms with Crippen molar-refractivity contribution in [3.63, 3.8) is 0 Å².